The lowest BCUT2D eigenvalue weighted by Crippen LogP contribution is -2.13. The van der Waals surface area contributed by atoms with Gasteiger partial charge in [0.25, 0.3) is 5.91 Å². The molecule has 1 heterocycles. The van der Waals surface area contributed by atoms with Crippen molar-refractivity contribution in [3.8, 4) is 0 Å². The van der Waals surface area contributed by atoms with Crippen molar-refractivity contribution in [1.82, 2.24) is 10.2 Å². The molecular weight excluding hydrogens is 152 g/mol. The number of nitrogens with one attached hydrogen (secondary N) is 1. The molecule has 1 aromatic heterocycles. The molecule has 0 aliphatic carbocycles. The number of H-pyrrole nitrogens is 1. The van der Waals surface area contributed by atoms with Crippen LogP contribution < -0.4 is 11.5 Å². The molecule has 0 aliphatic rings. The predicted octanol–water partition coefficient (Wildman–Crippen LogP) is -0.621. The number of nitrogens with zero attached hydrogens (tertiary/aromatic N) is 1. The van der Waals surface area contributed by atoms with Crippen LogP contribution in [-0.2, 0) is 0 Å². The Labute approximate surface area is 62.2 Å². The Morgan fingerprint density at radius 1 is 1.70 bits per heavy atom. The minimum atomic E-state index is -0.634. The average molecular weight is 158 g/mol. The monoisotopic (exact) mass is 158 g/mol. The standard InChI is InChI=1S/C4H6N4OS/c5-1-2(3(6)9)7-8-4(1)10/h5H2,(H2,6,9)(H2,7,8,10). The maximum absolute atomic E-state index is 10.5. The van der Waals surface area contributed by atoms with Gasteiger partial charge in [0.15, 0.2) is 0 Å². The summed E-state index contributed by atoms with van der Waals surface area (Å²) in [6.07, 6.45) is 0. The largest absolute Gasteiger partial charge is 0.395 e. The number of thiol groups is 1. The van der Waals surface area contributed by atoms with Gasteiger partial charge >= 0.3 is 0 Å². The van der Waals surface area contributed by atoms with E-state index in [1.807, 2.05) is 0 Å². The highest BCUT2D eigenvalue weighted by atomic mass is 32.1. The minimum Gasteiger partial charge on any atom is -0.395 e. The van der Waals surface area contributed by atoms with Crippen molar-refractivity contribution in [2.45, 2.75) is 5.03 Å². The van der Waals surface area contributed by atoms with Crippen molar-refractivity contribution in [3.63, 3.8) is 0 Å². The number of anilines is 1. The molecule has 1 rings (SSSR count). The molecule has 0 atom stereocenters. The van der Waals surface area contributed by atoms with E-state index in [-0.39, 0.29) is 16.4 Å². The number of carbonyl (C=O) groups is 1. The summed E-state index contributed by atoms with van der Waals surface area (Å²) in [7, 11) is 0. The second-order valence-corrected chi connectivity index (χ2v) is 2.12. The van der Waals surface area contributed by atoms with E-state index in [4.69, 9.17) is 11.5 Å². The molecule has 0 saturated carbocycles. The van der Waals surface area contributed by atoms with Gasteiger partial charge in [-0.2, -0.15) is 5.10 Å². The van der Waals surface area contributed by atoms with Crippen LogP contribution in [0.15, 0.2) is 5.03 Å². The Morgan fingerprint density at radius 3 is 2.50 bits per heavy atom. The lowest BCUT2D eigenvalue weighted by molar-refractivity contribution is 0.0996. The van der Waals surface area contributed by atoms with E-state index in [1.54, 1.807) is 0 Å². The molecule has 0 spiro atoms. The summed E-state index contributed by atoms with van der Waals surface area (Å²) in [5.74, 6) is -0.634. The molecule has 5 N–H and O–H groups in total. The zero-order valence-electron chi connectivity index (χ0n) is 4.96. The van der Waals surface area contributed by atoms with Crippen LogP contribution in [0.4, 0.5) is 5.69 Å². The molecular formula is C4H6N4OS. The average Bonchev–Trinajstić information content (AvgIpc) is 2.14. The summed E-state index contributed by atoms with van der Waals surface area (Å²) in [4.78, 5) is 10.5. The normalized spacial score (nSPS) is 9.70. The number of aromatic amines is 1. The number of nitrogen functional groups attached to an aromatic ring is 1. The molecule has 0 unspecified atom stereocenters. The number of hydrogen-bond donors (Lipinski definition) is 4. The first-order chi connectivity index (χ1) is 4.63. The molecule has 5 nitrogen and oxygen atoms in total. The van der Waals surface area contributed by atoms with Gasteiger partial charge in [-0.25, -0.2) is 0 Å². The number of primary amides is 1. The number of aromatic nitrogens is 2. The van der Waals surface area contributed by atoms with E-state index in [2.05, 4.69) is 22.8 Å². The van der Waals surface area contributed by atoms with Gasteiger partial charge in [-0.15, -0.1) is 12.6 Å². The zero-order valence-corrected chi connectivity index (χ0v) is 5.85. The van der Waals surface area contributed by atoms with Gasteiger partial charge in [0, 0.05) is 0 Å². The van der Waals surface area contributed by atoms with E-state index in [0.717, 1.165) is 0 Å². The topological polar surface area (TPSA) is 97.8 Å². The number of amides is 1. The summed E-state index contributed by atoms with van der Waals surface area (Å²) in [6, 6.07) is 0. The van der Waals surface area contributed by atoms with Gasteiger partial charge in [-0.3, -0.25) is 9.89 Å². The summed E-state index contributed by atoms with van der Waals surface area (Å²) < 4.78 is 0. The maximum atomic E-state index is 10.5. The van der Waals surface area contributed by atoms with Crippen LogP contribution in [0.1, 0.15) is 10.5 Å². The van der Waals surface area contributed by atoms with E-state index in [9.17, 15) is 4.79 Å². The summed E-state index contributed by atoms with van der Waals surface area (Å²) >= 11 is 3.84. The van der Waals surface area contributed by atoms with Crippen LogP contribution in [0.3, 0.4) is 0 Å². The predicted molar refractivity (Wildman–Crippen MR) is 38.8 cm³/mol. The Kier molecular flexibility index (Phi) is 1.54. The Hall–Kier alpha value is -1.17. The quantitative estimate of drug-likeness (QED) is 0.410. The van der Waals surface area contributed by atoms with Gasteiger partial charge in [0.05, 0.1) is 5.69 Å². The van der Waals surface area contributed by atoms with Crippen LogP contribution in [0.2, 0.25) is 0 Å². The molecule has 0 radical (unpaired) electrons. The molecule has 0 fully saturated rings. The number of hydrogen-bond acceptors (Lipinski definition) is 4. The highest BCUT2D eigenvalue weighted by Crippen LogP contribution is 2.15. The van der Waals surface area contributed by atoms with Crippen molar-refractivity contribution in [3.05, 3.63) is 5.69 Å². The molecule has 10 heavy (non-hydrogen) atoms. The fourth-order valence-corrected chi connectivity index (χ4v) is 0.691. The highest BCUT2D eigenvalue weighted by Gasteiger charge is 2.10. The third-order valence-corrected chi connectivity index (χ3v) is 1.37. The van der Waals surface area contributed by atoms with Crippen LogP contribution in [0.25, 0.3) is 0 Å². The van der Waals surface area contributed by atoms with Crippen molar-refractivity contribution >= 4 is 24.2 Å². The van der Waals surface area contributed by atoms with Crippen molar-refractivity contribution in [1.29, 1.82) is 0 Å². The summed E-state index contributed by atoms with van der Waals surface area (Å²) in [6.45, 7) is 0. The van der Waals surface area contributed by atoms with Crippen molar-refractivity contribution in [2.75, 3.05) is 5.73 Å². The number of rotatable bonds is 1. The number of nitrogens with two attached hydrogens (primary N) is 2. The van der Waals surface area contributed by atoms with Gasteiger partial charge in [-0.05, 0) is 0 Å². The van der Waals surface area contributed by atoms with Gasteiger partial charge in [0.1, 0.15) is 10.7 Å². The molecule has 6 heteroatoms. The first kappa shape index (κ1) is 6.94. The van der Waals surface area contributed by atoms with E-state index >= 15 is 0 Å². The maximum Gasteiger partial charge on any atom is 0.268 e. The van der Waals surface area contributed by atoms with Crippen molar-refractivity contribution in [2.24, 2.45) is 5.73 Å². The van der Waals surface area contributed by atoms with E-state index in [1.165, 1.54) is 0 Å². The van der Waals surface area contributed by atoms with Gasteiger partial charge < -0.3 is 11.5 Å². The molecule has 0 saturated heterocycles. The molecule has 54 valence electrons. The van der Waals surface area contributed by atoms with Crippen molar-refractivity contribution < 1.29 is 4.79 Å². The third-order valence-electron chi connectivity index (χ3n) is 1.03. The van der Waals surface area contributed by atoms with E-state index in [0.29, 0.717) is 0 Å². The smallest absolute Gasteiger partial charge is 0.268 e. The molecule has 1 aromatic rings. The Balaban J connectivity index is 3.17. The first-order valence-corrected chi connectivity index (χ1v) is 2.90. The second-order valence-electron chi connectivity index (χ2n) is 1.70. The number of carbonyl (C=O) groups excluding carboxylic acids is 1. The Bertz CT molecular complexity index is 268. The van der Waals surface area contributed by atoms with Crippen LogP contribution in [0, 0.1) is 0 Å². The first-order valence-electron chi connectivity index (χ1n) is 2.45. The van der Waals surface area contributed by atoms with E-state index < -0.39 is 5.91 Å². The molecule has 0 bridgehead atoms. The molecule has 0 aromatic carbocycles. The van der Waals surface area contributed by atoms with Crippen LogP contribution in [0.5, 0.6) is 0 Å². The summed E-state index contributed by atoms with van der Waals surface area (Å²) in [5.41, 5.74) is 10.5. The second kappa shape index (κ2) is 2.22. The highest BCUT2D eigenvalue weighted by molar-refractivity contribution is 7.80. The van der Waals surface area contributed by atoms with Gasteiger partial charge in [0.2, 0.25) is 0 Å². The lowest BCUT2D eigenvalue weighted by atomic mass is 10.4. The summed E-state index contributed by atoms with van der Waals surface area (Å²) in [5, 5.41) is 6.18. The fourth-order valence-electron chi connectivity index (χ4n) is 0.529. The van der Waals surface area contributed by atoms with Crippen LogP contribution >= 0.6 is 12.6 Å². The SMILES string of the molecule is NC(=O)c1[nH]nc(S)c1N. The zero-order chi connectivity index (χ0) is 7.72. The van der Waals surface area contributed by atoms with Gasteiger partial charge in [-0.1, -0.05) is 0 Å². The van der Waals surface area contributed by atoms with Crippen LogP contribution in [-0.4, -0.2) is 16.1 Å². The lowest BCUT2D eigenvalue weighted by Gasteiger charge is -1.89. The third kappa shape index (κ3) is 0.926. The minimum absolute atomic E-state index is 0.102. The Morgan fingerprint density at radius 2 is 2.30 bits per heavy atom. The fraction of sp³-hybridized carbons (Fsp3) is 0. The molecule has 0 aliphatic heterocycles. The molecule has 1 amide bonds.